The maximum absolute atomic E-state index is 13.0. The fourth-order valence-electron chi connectivity index (χ4n) is 3.23. The minimum Gasteiger partial charge on any atom is -0.496 e. The fraction of sp³-hybridized carbons (Fsp3) is 0.208. The number of amides is 1. The Morgan fingerprint density at radius 1 is 1.00 bits per heavy atom. The minimum atomic E-state index is -3.74. The van der Waals surface area contributed by atoms with Gasteiger partial charge in [-0.25, -0.2) is 8.42 Å². The Kier molecular flexibility index (Phi) is 6.65. The molecule has 6 nitrogen and oxygen atoms in total. The Morgan fingerprint density at radius 3 is 2.35 bits per heavy atom. The van der Waals surface area contributed by atoms with Crippen LogP contribution in [0, 0.1) is 6.92 Å². The second-order valence-corrected chi connectivity index (χ2v) is 9.24. The Labute approximate surface area is 183 Å². The van der Waals surface area contributed by atoms with E-state index in [0.29, 0.717) is 17.0 Å². The molecule has 0 aliphatic carbocycles. The third kappa shape index (κ3) is 4.88. The van der Waals surface area contributed by atoms with Crippen LogP contribution in [0.5, 0.6) is 5.75 Å². The molecule has 0 aromatic heterocycles. The number of para-hydroxylation sites is 1. The van der Waals surface area contributed by atoms with Crippen LogP contribution in [0.1, 0.15) is 34.5 Å². The molecule has 1 N–H and O–H groups in total. The topological polar surface area (TPSA) is 75.7 Å². The number of anilines is 1. The summed E-state index contributed by atoms with van der Waals surface area (Å²) in [4.78, 5) is 13.0. The summed E-state index contributed by atoms with van der Waals surface area (Å²) in [5.41, 5.74) is 2.60. The Morgan fingerprint density at radius 2 is 1.68 bits per heavy atom. The number of nitrogens with zero attached hydrogens (tertiary/aromatic N) is 1. The van der Waals surface area contributed by atoms with Crippen LogP contribution in [-0.4, -0.2) is 28.5 Å². The van der Waals surface area contributed by atoms with Gasteiger partial charge in [-0.1, -0.05) is 42.0 Å². The second-order valence-electron chi connectivity index (χ2n) is 7.27. The van der Waals surface area contributed by atoms with Gasteiger partial charge in [-0.2, -0.15) is 0 Å². The monoisotopic (exact) mass is 438 g/mol. The predicted molar refractivity (Wildman–Crippen MR) is 122 cm³/mol. The summed E-state index contributed by atoms with van der Waals surface area (Å²) in [6.07, 6.45) is 0. The van der Waals surface area contributed by atoms with Crippen molar-refractivity contribution in [3.63, 3.8) is 0 Å². The first-order valence-corrected chi connectivity index (χ1v) is 11.3. The molecule has 3 aromatic rings. The van der Waals surface area contributed by atoms with Crippen LogP contribution in [0.2, 0.25) is 0 Å². The Balaban J connectivity index is 1.82. The van der Waals surface area contributed by atoms with E-state index in [1.807, 2.05) is 38.1 Å². The quantitative estimate of drug-likeness (QED) is 0.596. The Hall–Kier alpha value is -3.32. The SMILES string of the molecule is COc1ccccc1C(C)NC(=O)c1cccc(N(C)S(=O)(=O)c2ccc(C)cc2)c1. The molecule has 3 aromatic carbocycles. The van der Waals surface area contributed by atoms with Crippen molar-refractivity contribution in [1.82, 2.24) is 5.32 Å². The molecule has 1 unspecified atom stereocenters. The lowest BCUT2D eigenvalue weighted by Crippen LogP contribution is -2.28. The van der Waals surface area contributed by atoms with E-state index < -0.39 is 10.0 Å². The molecule has 162 valence electrons. The van der Waals surface area contributed by atoms with Crippen LogP contribution in [-0.2, 0) is 10.0 Å². The summed E-state index contributed by atoms with van der Waals surface area (Å²) in [6, 6.07) is 20.4. The first kappa shape index (κ1) is 22.4. The molecule has 0 aliphatic heterocycles. The molecule has 0 saturated heterocycles. The molecule has 7 heteroatoms. The number of hydrogen-bond donors (Lipinski definition) is 1. The van der Waals surface area contributed by atoms with E-state index in [0.717, 1.165) is 11.1 Å². The summed E-state index contributed by atoms with van der Waals surface area (Å²) in [5, 5.41) is 2.94. The number of hydrogen-bond acceptors (Lipinski definition) is 4. The lowest BCUT2D eigenvalue weighted by atomic mass is 10.1. The number of carbonyl (C=O) groups is 1. The van der Waals surface area contributed by atoms with Crippen molar-refractivity contribution in [1.29, 1.82) is 0 Å². The fourth-order valence-corrected chi connectivity index (χ4v) is 4.42. The van der Waals surface area contributed by atoms with E-state index in [1.165, 1.54) is 11.4 Å². The molecular formula is C24H26N2O4S. The van der Waals surface area contributed by atoms with Gasteiger partial charge in [-0.05, 0) is 50.2 Å². The Bertz CT molecular complexity index is 1170. The van der Waals surface area contributed by atoms with Gasteiger partial charge in [0.15, 0.2) is 0 Å². The van der Waals surface area contributed by atoms with Gasteiger partial charge >= 0.3 is 0 Å². The van der Waals surface area contributed by atoms with E-state index >= 15 is 0 Å². The summed E-state index contributed by atoms with van der Waals surface area (Å²) in [6.45, 7) is 3.77. The van der Waals surface area contributed by atoms with Crippen LogP contribution < -0.4 is 14.4 Å². The normalized spacial score (nSPS) is 12.1. The lowest BCUT2D eigenvalue weighted by molar-refractivity contribution is 0.0939. The number of sulfonamides is 1. The van der Waals surface area contributed by atoms with Crippen molar-refractivity contribution in [3.05, 3.63) is 89.5 Å². The third-order valence-corrected chi connectivity index (χ3v) is 6.90. The minimum absolute atomic E-state index is 0.195. The standard InChI is InChI=1S/C24H26N2O4S/c1-17-12-14-21(15-13-17)31(28,29)26(3)20-9-7-8-19(16-20)24(27)25-18(2)22-10-5-6-11-23(22)30-4/h5-16,18H,1-4H3,(H,25,27). The van der Waals surface area contributed by atoms with Crippen molar-refractivity contribution >= 4 is 21.6 Å². The molecule has 31 heavy (non-hydrogen) atoms. The molecule has 0 aliphatic rings. The van der Waals surface area contributed by atoms with Crippen LogP contribution >= 0.6 is 0 Å². The molecule has 0 spiro atoms. The van der Waals surface area contributed by atoms with Crippen LogP contribution in [0.3, 0.4) is 0 Å². The van der Waals surface area contributed by atoms with Gasteiger partial charge in [0, 0.05) is 18.2 Å². The molecule has 0 saturated carbocycles. The van der Waals surface area contributed by atoms with Gasteiger partial charge in [0.25, 0.3) is 15.9 Å². The average Bonchev–Trinajstić information content (AvgIpc) is 2.78. The third-order valence-electron chi connectivity index (χ3n) is 5.10. The summed E-state index contributed by atoms with van der Waals surface area (Å²) in [5.74, 6) is 0.384. The summed E-state index contributed by atoms with van der Waals surface area (Å²) >= 11 is 0. The predicted octanol–water partition coefficient (Wildman–Crippen LogP) is 4.32. The second kappa shape index (κ2) is 9.22. The highest BCUT2D eigenvalue weighted by atomic mass is 32.2. The zero-order valence-corrected chi connectivity index (χ0v) is 18.8. The first-order valence-electron chi connectivity index (χ1n) is 9.83. The van der Waals surface area contributed by atoms with Crippen LogP contribution in [0.15, 0.2) is 77.7 Å². The van der Waals surface area contributed by atoms with Crippen molar-refractivity contribution in [2.45, 2.75) is 24.8 Å². The molecule has 0 bridgehead atoms. The molecular weight excluding hydrogens is 412 g/mol. The van der Waals surface area contributed by atoms with Crippen molar-refractivity contribution < 1.29 is 17.9 Å². The zero-order chi connectivity index (χ0) is 22.6. The van der Waals surface area contributed by atoms with Gasteiger partial charge < -0.3 is 10.1 Å². The molecule has 0 fully saturated rings. The number of methoxy groups -OCH3 is 1. The zero-order valence-electron chi connectivity index (χ0n) is 18.0. The van der Waals surface area contributed by atoms with Crippen LogP contribution in [0.25, 0.3) is 0 Å². The largest absolute Gasteiger partial charge is 0.496 e. The van der Waals surface area contributed by atoms with Gasteiger partial charge in [-0.15, -0.1) is 0 Å². The number of nitrogens with one attached hydrogen (secondary N) is 1. The van der Waals surface area contributed by atoms with Crippen molar-refractivity contribution in [2.75, 3.05) is 18.5 Å². The smallest absolute Gasteiger partial charge is 0.264 e. The number of aryl methyl sites for hydroxylation is 1. The summed E-state index contributed by atoms with van der Waals surface area (Å²) < 4.78 is 32.5. The van der Waals surface area contributed by atoms with E-state index in [2.05, 4.69) is 5.32 Å². The number of rotatable bonds is 7. The molecule has 3 rings (SSSR count). The first-order chi connectivity index (χ1) is 14.7. The summed E-state index contributed by atoms with van der Waals surface area (Å²) in [7, 11) is -0.681. The number of carbonyl (C=O) groups excluding carboxylic acids is 1. The highest BCUT2D eigenvalue weighted by Gasteiger charge is 2.22. The maximum atomic E-state index is 13.0. The lowest BCUT2D eigenvalue weighted by Gasteiger charge is -2.21. The van der Waals surface area contributed by atoms with E-state index in [1.54, 1.807) is 55.6 Å². The number of benzene rings is 3. The van der Waals surface area contributed by atoms with Gasteiger partial charge in [0.2, 0.25) is 0 Å². The van der Waals surface area contributed by atoms with Gasteiger partial charge in [0.1, 0.15) is 5.75 Å². The van der Waals surface area contributed by atoms with Gasteiger partial charge in [0.05, 0.1) is 23.7 Å². The molecule has 1 atom stereocenters. The van der Waals surface area contributed by atoms with E-state index in [4.69, 9.17) is 4.74 Å². The highest BCUT2D eigenvalue weighted by molar-refractivity contribution is 7.92. The maximum Gasteiger partial charge on any atom is 0.264 e. The van der Waals surface area contributed by atoms with Crippen molar-refractivity contribution in [2.24, 2.45) is 0 Å². The van der Waals surface area contributed by atoms with E-state index in [-0.39, 0.29) is 16.8 Å². The van der Waals surface area contributed by atoms with Gasteiger partial charge in [-0.3, -0.25) is 9.10 Å². The molecule has 1 amide bonds. The number of ether oxygens (including phenoxy) is 1. The molecule has 0 radical (unpaired) electrons. The molecule has 0 heterocycles. The highest BCUT2D eigenvalue weighted by Crippen LogP contribution is 2.26. The van der Waals surface area contributed by atoms with Crippen LogP contribution in [0.4, 0.5) is 5.69 Å². The van der Waals surface area contributed by atoms with E-state index in [9.17, 15) is 13.2 Å². The average molecular weight is 439 g/mol. The van der Waals surface area contributed by atoms with Crippen molar-refractivity contribution in [3.8, 4) is 5.75 Å².